The summed E-state index contributed by atoms with van der Waals surface area (Å²) in [6, 6.07) is 2.40. The molecule has 20 heavy (non-hydrogen) atoms. The molecule has 4 nitrogen and oxygen atoms in total. The van der Waals surface area contributed by atoms with Crippen LogP contribution in [0, 0.1) is 33.6 Å². The molecular formula is C16H24N2O2. The number of carboxylic acid groups (broad SMARTS) is 1. The van der Waals surface area contributed by atoms with E-state index in [1.54, 1.807) is 0 Å². The first-order valence-corrected chi connectivity index (χ1v) is 7.13. The Labute approximate surface area is 120 Å². The molecule has 0 spiro atoms. The van der Waals surface area contributed by atoms with Gasteiger partial charge in [-0.25, -0.2) is 5.43 Å². The zero-order chi connectivity index (χ0) is 15.0. The SMILES string of the molecule is Cc1cc(C)c(C)c(C2NNC(C)C2CC(=O)O)c1C. The Morgan fingerprint density at radius 1 is 1.15 bits per heavy atom. The monoisotopic (exact) mass is 276 g/mol. The van der Waals surface area contributed by atoms with Crippen LogP contribution in [0.3, 0.4) is 0 Å². The summed E-state index contributed by atoms with van der Waals surface area (Å²) in [6.45, 7) is 10.5. The van der Waals surface area contributed by atoms with E-state index in [0.717, 1.165) is 0 Å². The van der Waals surface area contributed by atoms with Crippen LogP contribution in [0.15, 0.2) is 6.07 Å². The van der Waals surface area contributed by atoms with Gasteiger partial charge < -0.3 is 5.11 Å². The third-order valence-electron chi connectivity index (χ3n) is 4.68. The van der Waals surface area contributed by atoms with Crippen LogP contribution >= 0.6 is 0 Å². The average Bonchev–Trinajstić information content (AvgIpc) is 2.69. The summed E-state index contributed by atoms with van der Waals surface area (Å²) in [4.78, 5) is 11.1. The van der Waals surface area contributed by atoms with Gasteiger partial charge in [-0.15, -0.1) is 0 Å². The summed E-state index contributed by atoms with van der Waals surface area (Å²) < 4.78 is 0. The summed E-state index contributed by atoms with van der Waals surface area (Å²) in [5.74, 6) is -0.678. The molecule has 0 aromatic heterocycles. The van der Waals surface area contributed by atoms with Crippen molar-refractivity contribution in [3.63, 3.8) is 0 Å². The number of carboxylic acids is 1. The summed E-state index contributed by atoms with van der Waals surface area (Å²) >= 11 is 0. The van der Waals surface area contributed by atoms with E-state index >= 15 is 0 Å². The van der Waals surface area contributed by atoms with Gasteiger partial charge in [0, 0.05) is 12.0 Å². The molecule has 3 atom stereocenters. The molecule has 1 aliphatic rings. The second-order valence-electron chi connectivity index (χ2n) is 5.99. The summed E-state index contributed by atoms with van der Waals surface area (Å²) in [6.07, 6.45) is 0.178. The molecule has 0 saturated carbocycles. The first-order chi connectivity index (χ1) is 9.32. The Hall–Kier alpha value is -1.39. The quantitative estimate of drug-likeness (QED) is 0.794. The van der Waals surface area contributed by atoms with Gasteiger partial charge in [0.15, 0.2) is 0 Å². The van der Waals surface area contributed by atoms with Crippen LogP contribution in [-0.4, -0.2) is 17.1 Å². The van der Waals surface area contributed by atoms with Crippen LogP contribution in [0.2, 0.25) is 0 Å². The van der Waals surface area contributed by atoms with Crippen molar-refractivity contribution in [2.45, 2.75) is 53.1 Å². The lowest BCUT2D eigenvalue weighted by atomic mass is 9.81. The Kier molecular flexibility index (Phi) is 4.16. The fourth-order valence-electron chi connectivity index (χ4n) is 3.22. The second kappa shape index (κ2) is 5.54. The normalized spacial score (nSPS) is 25.9. The molecule has 1 saturated heterocycles. The molecule has 0 aliphatic carbocycles. The number of aryl methyl sites for hydroxylation is 2. The zero-order valence-corrected chi connectivity index (χ0v) is 12.9. The number of hydrazine groups is 1. The first-order valence-electron chi connectivity index (χ1n) is 7.13. The topological polar surface area (TPSA) is 61.4 Å². The molecule has 4 heteroatoms. The van der Waals surface area contributed by atoms with Gasteiger partial charge in [0.2, 0.25) is 0 Å². The summed E-state index contributed by atoms with van der Waals surface area (Å²) in [7, 11) is 0. The molecule has 110 valence electrons. The highest BCUT2D eigenvalue weighted by molar-refractivity contribution is 5.67. The van der Waals surface area contributed by atoms with E-state index in [1.807, 2.05) is 6.92 Å². The maximum absolute atomic E-state index is 11.1. The standard InChI is InChI=1S/C16H24N2O2/c1-8-6-9(2)11(4)15(10(8)3)16-13(7-14(19)20)12(5)17-18-16/h6,12-13,16-18H,7H2,1-5H3,(H,19,20). The molecule has 1 aromatic rings. The third-order valence-corrected chi connectivity index (χ3v) is 4.68. The minimum absolute atomic E-state index is 0.0553. The van der Waals surface area contributed by atoms with Gasteiger partial charge in [0.05, 0.1) is 12.5 Å². The van der Waals surface area contributed by atoms with E-state index in [2.05, 4.69) is 44.6 Å². The van der Waals surface area contributed by atoms with E-state index < -0.39 is 5.97 Å². The summed E-state index contributed by atoms with van der Waals surface area (Å²) in [5.41, 5.74) is 12.8. The third kappa shape index (κ3) is 2.58. The van der Waals surface area contributed by atoms with Crippen molar-refractivity contribution in [3.8, 4) is 0 Å². The molecule has 1 fully saturated rings. The Balaban J connectivity index is 2.47. The lowest BCUT2D eigenvalue weighted by Crippen LogP contribution is -2.29. The van der Waals surface area contributed by atoms with Gasteiger partial charge in [-0.1, -0.05) is 6.07 Å². The maximum atomic E-state index is 11.1. The van der Waals surface area contributed by atoms with Crippen molar-refractivity contribution < 1.29 is 9.90 Å². The van der Waals surface area contributed by atoms with Gasteiger partial charge in [0.25, 0.3) is 0 Å². The molecule has 1 aromatic carbocycles. The fraction of sp³-hybridized carbons (Fsp3) is 0.562. The molecule has 1 heterocycles. The van der Waals surface area contributed by atoms with E-state index in [4.69, 9.17) is 5.11 Å². The van der Waals surface area contributed by atoms with Crippen LogP contribution in [0.5, 0.6) is 0 Å². The molecule has 0 radical (unpaired) electrons. The Bertz CT molecular complexity index is 514. The largest absolute Gasteiger partial charge is 0.481 e. The van der Waals surface area contributed by atoms with Crippen LogP contribution in [0.1, 0.15) is 47.2 Å². The van der Waals surface area contributed by atoms with Gasteiger partial charge in [-0.05, 0) is 62.4 Å². The van der Waals surface area contributed by atoms with E-state index in [-0.39, 0.29) is 24.4 Å². The van der Waals surface area contributed by atoms with Crippen molar-refractivity contribution in [3.05, 3.63) is 33.9 Å². The Morgan fingerprint density at radius 2 is 1.70 bits per heavy atom. The predicted octanol–water partition coefficient (Wildman–Crippen LogP) is 2.55. The van der Waals surface area contributed by atoms with Crippen molar-refractivity contribution in [1.82, 2.24) is 10.9 Å². The van der Waals surface area contributed by atoms with E-state index in [1.165, 1.54) is 27.8 Å². The highest BCUT2D eigenvalue weighted by atomic mass is 16.4. The molecule has 0 amide bonds. The number of rotatable bonds is 3. The molecule has 0 bridgehead atoms. The van der Waals surface area contributed by atoms with E-state index in [0.29, 0.717) is 0 Å². The van der Waals surface area contributed by atoms with Gasteiger partial charge in [0.1, 0.15) is 0 Å². The van der Waals surface area contributed by atoms with Crippen molar-refractivity contribution in [2.75, 3.05) is 0 Å². The van der Waals surface area contributed by atoms with Gasteiger partial charge in [-0.2, -0.15) is 0 Å². The van der Waals surface area contributed by atoms with Crippen molar-refractivity contribution in [2.24, 2.45) is 5.92 Å². The number of hydrogen-bond acceptors (Lipinski definition) is 3. The highest BCUT2D eigenvalue weighted by Crippen LogP contribution is 2.36. The Morgan fingerprint density at radius 3 is 2.20 bits per heavy atom. The van der Waals surface area contributed by atoms with Crippen molar-refractivity contribution in [1.29, 1.82) is 0 Å². The highest BCUT2D eigenvalue weighted by Gasteiger charge is 2.37. The molecular weight excluding hydrogens is 252 g/mol. The fourth-order valence-corrected chi connectivity index (χ4v) is 3.22. The molecule has 3 unspecified atom stereocenters. The van der Waals surface area contributed by atoms with Gasteiger partial charge in [-0.3, -0.25) is 10.2 Å². The van der Waals surface area contributed by atoms with Crippen LogP contribution in [0.25, 0.3) is 0 Å². The lowest BCUT2D eigenvalue weighted by Gasteiger charge is -2.25. The first kappa shape index (κ1) is 15.0. The minimum atomic E-state index is -0.739. The summed E-state index contributed by atoms with van der Waals surface area (Å²) in [5, 5.41) is 9.15. The smallest absolute Gasteiger partial charge is 0.303 e. The number of hydrogen-bond donors (Lipinski definition) is 3. The number of nitrogens with one attached hydrogen (secondary N) is 2. The lowest BCUT2D eigenvalue weighted by molar-refractivity contribution is -0.138. The second-order valence-corrected chi connectivity index (χ2v) is 5.99. The predicted molar refractivity (Wildman–Crippen MR) is 79.6 cm³/mol. The van der Waals surface area contributed by atoms with Crippen molar-refractivity contribution >= 4 is 5.97 Å². The number of aliphatic carboxylic acids is 1. The molecule has 3 N–H and O–H groups in total. The average molecular weight is 276 g/mol. The molecule has 1 aliphatic heterocycles. The molecule has 2 rings (SSSR count). The zero-order valence-electron chi connectivity index (χ0n) is 12.9. The minimum Gasteiger partial charge on any atom is -0.481 e. The van der Waals surface area contributed by atoms with E-state index in [9.17, 15) is 4.79 Å². The van der Waals surface area contributed by atoms with Crippen LogP contribution in [-0.2, 0) is 4.79 Å². The number of carbonyl (C=O) groups is 1. The number of benzene rings is 1. The maximum Gasteiger partial charge on any atom is 0.303 e. The van der Waals surface area contributed by atoms with Gasteiger partial charge >= 0.3 is 5.97 Å². The van der Waals surface area contributed by atoms with Crippen LogP contribution in [0.4, 0.5) is 0 Å². The van der Waals surface area contributed by atoms with Crippen LogP contribution < -0.4 is 10.9 Å².